The lowest BCUT2D eigenvalue weighted by Crippen LogP contribution is -2.10. The highest BCUT2D eigenvalue weighted by atomic mass is 79.9. The Hall–Kier alpha value is -1.66. The van der Waals surface area contributed by atoms with Crippen molar-refractivity contribution in [1.29, 1.82) is 0 Å². The zero-order valence-electron chi connectivity index (χ0n) is 12.5. The minimum Gasteiger partial charge on any atom is -0.267 e. The number of sulfone groups is 1. The van der Waals surface area contributed by atoms with Gasteiger partial charge in [-0.2, -0.15) is 5.10 Å². The Morgan fingerprint density at radius 1 is 1.17 bits per heavy atom. The third kappa shape index (κ3) is 2.32. The van der Waals surface area contributed by atoms with Crippen molar-refractivity contribution in [3.05, 3.63) is 47.1 Å². The van der Waals surface area contributed by atoms with E-state index in [4.69, 9.17) is 0 Å². The zero-order valence-corrected chi connectivity index (χ0v) is 14.9. The molecule has 0 atom stereocenters. The normalized spacial score (nSPS) is 15.2. The summed E-state index contributed by atoms with van der Waals surface area (Å²) in [5.41, 5.74) is 1.50. The van der Waals surface area contributed by atoms with Crippen molar-refractivity contribution >= 4 is 36.5 Å². The minimum atomic E-state index is -3.34. The molecule has 1 aromatic heterocycles. The van der Waals surface area contributed by atoms with Gasteiger partial charge in [0.25, 0.3) is 0 Å². The SMILES string of the molecule is Cn1ncc(Br)c1-c1ccc2ccccc2c1S(=O)(=O)C1CC1. The lowest BCUT2D eigenvalue weighted by molar-refractivity contribution is 0.596. The van der Waals surface area contributed by atoms with Crippen LogP contribution >= 0.6 is 15.9 Å². The van der Waals surface area contributed by atoms with Crippen LogP contribution in [0.5, 0.6) is 0 Å². The second kappa shape index (κ2) is 5.18. The lowest BCUT2D eigenvalue weighted by Gasteiger charge is -2.14. The molecule has 0 aliphatic heterocycles. The molecule has 4 rings (SSSR count). The Morgan fingerprint density at radius 3 is 2.57 bits per heavy atom. The van der Waals surface area contributed by atoms with Crippen molar-refractivity contribution < 1.29 is 8.42 Å². The molecule has 0 saturated heterocycles. The molecule has 4 nitrogen and oxygen atoms in total. The van der Waals surface area contributed by atoms with Crippen LogP contribution in [0.2, 0.25) is 0 Å². The molecule has 1 fully saturated rings. The zero-order chi connectivity index (χ0) is 16.2. The number of aryl methyl sites for hydroxylation is 1. The van der Waals surface area contributed by atoms with Crippen LogP contribution in [-0.2, 0) is 16.9 Å². The molecule has 118 valence electrons. The highest BCUT2D eigenvalue weighted by Crippen LogP contribution is 2.42. The van der Waals surface area contributed by atoms with Crippen LogP contribution in [-0.4, -0.2) is 23.4 Å². The molecule has 0 amide bonds. The molecule has 0 N–H and O–H groups in total. The van der Waals surface area contributed by atoms with Gasteiger partial charge >= 0.3 is 0 Å². The van der Waals surface area contributed by atoms with Gasteiger partial charge in [-0.15, -0.1) is 0 Å². The first-order valence-corrected chi connectivity index (χ1v) is 9.77. The molecule has 2 aromatic carbocycles. The number of hydrogen-bond acceptors (Lipinski definition) is 3. The first kappa shape index (κ1) is 14.9. The molecular formula is C17H15BrN2O2S. The molecule has 23 heavy (non-hydrogen) atoms. The Balaban J connectivity index is 2.13. The van der Waals surface area contributed by atoms with Crippen LogP contribution in [0.3, 0.4) is 0 Å². The quantitative estimate of drug-likeness (QED) is 0.680. The Labute approximate surface area is 143 Å². The van der Waals surface area contributed by atoms with Gasteiger partial charge < -0.3 is 0 Å². The number of halogens is 1. The maximum absolute atomic E-state index is 13.1. The third-order valence-corrected chi connectivity index (χ3v) is 7.21. The average molecular weight is 391 g/mol. The number of hydrogen-bond donors (Lipinski definition) is 0. The topological polar surface area (TPSA) is 52.0 Å². The second-order valence-electron chi connectivity index (χ2n) is 5.87. The largest absolute Gasteiger partial charge is 0.267 e. The molecule has 1 heterocycles. The van der Waals surface area contributed by atoms with Crippen LogP contribution in [0.15, 0.2) is 52.0 Å². The summed E-state index contributed by atoms with van der Waals surface area (Å²) in [6, 6.07) is 11.5. The minimum absolute atomic E-state index is 0.251. The third-order valence-electron chi connectivity index (χ3n) is 4.28. The Bertz CT molecular complexity index is 1000. The van der Waals surface area contributed by atoms with Gasteiger partial charge in [0.05, 0.1) is 26.5 Å². The summed E-state index contributed by atoms with van der Waals surface area (Å²) in [6.45, 7) is 0. The number of aromatic nitrogens is 2. The van der Waals surface area contributed by atoms with Crippen molar-refractivity contribution in [3.63, 3.8) is 0 Å². The number of nitrogens with zero attached hydrogens (tertiary/aromatic N) is 2. The number of benzene rings is 2. The highest BCUT2D eigenvalue weighted by molar-refractivity contribution is 9.10. The molecule has 6 heteroatoms. The van der Waals surface area contributed by atoms with E-state index in [1.54, 1.807) is 10.9 Å². The molecule has 0 bridgehead atoms. The molecule has 1 saturated carbocycles. The van der Waals surface area contributed by atoms with E-state index >= 15 is 0 Å². The maximum atomic E-state index is 13.1. The predicted octanol–water partition coefficient (Wildman–Crippen LogP) is 3.94. The van der Waals surface area contributed by atoms with Crippen molar-refractivity contribution in [2.75, 3.05) is 0 Å². The smallest absolute Gasteiger partial charge is 0.182 e. The summed E-state index contributed by atoms with van der Waals surface area (Å²) in [5, 5.41) is 5.70. The van der Waals surface area contributed by atoms with Gasteiger partial charge in [-0.1, -0.05) is 36.4 Å². The second-order valence-corrected chi connectivity index (χ2v) is 8.89. The van der Waals surface area contributed by atoms with E-state index in [0.29, 0.717) is 10.5 Å². The summed E-state index contributed by atoms with van der Waals surface area (Å²) in [7, 11) is -1.52. The van der Waals surface area contributed by atoms with Gasteiger partial charge in [0.15, 0.2) is 9.84 Å². The van der Waals surface area contributed by atoms with Gasteiger partial charge in [-0.3, -0.25) is 4.68 Å². The summed E-state index contributed by atoms with van der Waals surface area (Å²) < 4.78 is 28.7. The summed E-state index contributed by atoms with van der Waals surface area (Å²) in [4.78, 5) is 0.433. The fourth-order valence-corrected chi connectivity index (χ4v) is 5.61. The van der Waals surface area contributed by atoms with Crippen molar-refractivity contribution in [2.24, 2.45) is 7.05 Å². The highest BCUT2D eigenvalue weighted by Gasteiger charge is 2.39. The monoisotopic (exact) mass is 390 g/mol. The van der Waals surface area contributed by atoms with E-state index < -0.39 is 9.84 Å². The van der Waals surface area contributed by atoms with Gasteiger partial charge in [-0.25, -0.2) is 8.42 Å². The summed E-state index contributed by atoms with van der Waals surface area (Å²) >= 11 is 3.49. The average Bonchev–Trinajstić information content (AvgIpc) is 3.33. The standard InChI is InChI=1S/C17H15BrN2O2S/c1-20-16(15(18)10-19-20)14-9-6-11-4-2-3-5-13(11)17(14)23(21,22)12-7-8-12/h2-6,9-10,12H,7-8H2,1H3. The first-order valence-electron chi connectivity index (χ1n) is 7.43. The summed E-state index contributed by atoms with van der Waals surface area (Å²) in [6.07, 6.45) is 3.19. The van der Waals surface area contributed by atoms with Gasteiger partial charge in [-0.05, 0) is 34.2 Å². The molecular weight excluding hydrogens is 376 g/mol. The number of fused-ring (bicyclic) bond motifs is 1. The number of rotatable bonds is 3. The fourth-order valence-electron chi connectivity index (χ4n) is 2.99. The Morgan fingerprint density at radius 2 is 1.91 bits per heavy atom. The van der Waals surface area contributed by atoms with E-state index in [-0.39, 0.29) is 5.25 Å². The molecule has 1 aliphatic rings. The van der Waals surface area contributed by atoms with Crippen LogP contribution in [0, 0.1) is 0 Å². The molecule has 3 aromatic rings. The fraction of sp³-hybridized carbons (Fsp3) is 0.235. The van der Waals surface area contributed by atoms with E-state index in [1.807, 2.05) is 43.4 Å². The van der Waals surface area contributed by atoms with Crippen LogP contribution in [0.1, 0.15) is 12.8 Å². The van der Waals surface area contributed by atoms with Crippen molar-refractivity contribution in [1.82, 2.24) is 9.78 Å². The van der Waals surface area contributed by atoms with E-state index in [0.717, 1.165) is 33.8 Å². The molecule has 0 radical (unpaired) electrons. The van der Waals surface area contributed by atoms with Crippen LogP contribution in [0.25, 0.3) is 22.0 Å². The van der Waals surface area contributed by atoms with E-state index in [9.17, 15) is 8.42 Å². The molecule has 1 aliphatic carbocycles. The lowest BCUT2D eigenvalue weighted by atomic mass is 10.0. The first-order chi connectivity index (χ1) is 11.0. The van der Waals surface area contributed by atoms with E-state index in [1.165, 1.54) is 0 Å². The van der Waals surface area contributed by atoms with Crippen LogP contribution in [0.4, 0.5) is 0 Å². The maximum Gasteiger partial charge on any atom is 0.182 e. The molecule has 0 unspecified atom stereocenters. The van der Waals surface area contributed by atoms with Gasteiger partial charge in [0.2, 0.25) is 0 Å². The molecule has 0 spiro atoms. The van der Waals surface area contributed by atoms with Gasteiger partial charge in [0, 0.05) is 18.0 Å². The van der Waals surface area contributed by atoms with Gasteiger partial charge in [0.1, 0.15) is 0 Å². The van der Waals surface area contributed by atoms with Crippen molar-refractivity contribution in [2.45, 2.75) is 23.0 Å². The van der Waals surface area contributed by atoms with Crippen LogP contribution < -0.4 is 0 Å². The summed E-state index contributed by atoms with van der Waals surface area (Å²) in [5.74, 6) is 0. The predicted molar refractivity (Wildman–Crippen MR) is 94.1 cm³/mol. The Kier molecular flexibility index (Phi) is 3.35. The van der Waals surface area contributed by atoms with E-state index in [2.05, 4.69) is 21.0 Å². The van der Waals surface area contributed by atoms with Crippen molar-refractivity contribution in [3.8, 4) is 11.3 Å².